The fourth-order valence-corrected chi connectivity index (χ4v) is 3.66. The van der Waals surface area contributed by atoms with Crippen molar-refractivity contribution in [2.24, 2.45) is 0 Å². The Hall–Kier alpha value is -3.39. The summed E-state index contributed by atoms with van der Waals surface area (Å²) in [5, 5.41) is 5.72. The summed E-state index contributed by atoms with van der Waals surface area (Å²) in [6.07, 6.45) is 0.0486. The second kappa shape index (κ2) is 10.8. The molecular weight excluding hydrogens is 410 g/mol. The van der Waals surface area contributed by atoms with Crippen LogP contribution in [0.3, 0.4) is 0 Å². The summed E-state index contributed by atoms with van der Waals surface area (Å²) in [4.78, 5) is 39.2. The lowest BCUT2D eigenvalue weighted by atomic mass is 10.0. The first-order valence-electron chi connectivity index (χ1n) is 10.6. The van der Waals surface area contributed by atoms with E-state index in [1.807, 2.05) is 19.1 Å². The lowest BCUT2D eigenvalue weighted by Gasteiger charge is -2.27. The highest BCUT2D eigenvalue weighted by Gasteiger charge is 2.22. The van der Waals surface area contributed by atoms with Gasteiger partial charge in [0.1, 0.15) is 5.75 Å². The zero-order chi connectivity index (χ0) is 23.1. The summed E-state index contributed by atoms with van der Waals surface area (Å²) in [7, 11) is 1.58. The topological polar surface area (TPSA) is 97.0 Å². The zero-order valence-electron chi connectivity index (χ0n) is 18.6. The number of methoxy groups -OCH3 is 1. The van der Waals surface area contributed by atoms with Crippen molar-refractivity contribution in [1.29, 1.82) is 0 Å². The number of rotatable bonds is 7. The van der Waals surface area contributed by atoms with Crippen LogP contribution in [0.4, 0.5) is 5.69 Å². The Morgan fingerprint density at radius 3 is 2.41 bits per heavy atom. The molecule has 0 bridgehead atoms. The standard InChI is InChI=1S/C24H29N3O5/c1-16-20(24(30)27-11-13-32-14-12-27)5-4-6-21(16)26-23(29)15-22(25-17(2)28)18-7-9-19(31-3)10-8-18/h4-10,22H,11-15H2,1-3H3,(H,25,28)(H,26,29). The largest absolute Gasteiger partial charge is 0.497 e. The van der Waals surface area contributed by atoms with E-state index in [0.717, 1.165) is 5.56 Å². The summed E-state index contributed by atoms with van der Waals surface area (Å²) in [5.74, 6) is 0.125. The van der Waals surface area contributed by atoms with Crippen LogP contribution in [0.1, 0.15) is 40.9 Å². The van der Waals surface area contributed by atoms with E-state index < -0.39 is 6.04 Å². The van der Waals surface area contributed by atoms with Crippen molar-refractivity contribution in [3.63, 3.8) is 0 Å². The molecule has 1 aliphatic heterocycles. The smallest absolute Gasteiger partial charge is 0.254 e. The van der Waals surface area contributed by atoms with Crippen molar-refractivity contribution in [1.82, 2.24) is 10.2 Å². The SMILES string of the molecule is COc1ccc(C(CC(=O)Nc2cccc(C(=O)N3CCOCC3)c2C)NC(C)=O)cc1. The van der Waals surface area contributed by atoms with Crippen molar-refractivity contribution in [3.8, 4) is 5.75 Å². The van der Waals surface area contributed by atoms with E-state index >= 15 is 0 Å². The fraction of sp³-hybridized carbons (Fsp3) is 0.375. The highest BCUT2D eigenvalue weighted by Crippen LogP contribution is 2.24. The molecule has 8 heteroatoms. The first-order valence-corrected chi connectivity index (χ1v) is 10.6. The van der Waals surface area contributed by atoms with Gasteiger partial charge in [0.05, 0.1) is 32.8 Å². The number of carbonyl (C=O) groups excluding carboxylic acids is 3. The Bertz CT molecular complexity index is 968. The molecule has 32 heavy (non-hydrogen) atoms. The molecule has 0 saturated carbocycles. The van der Waals surface area contributed by atoms with Gasteiger partial charge in [-0.2, -0.15) is 0 Å². The molecule has 2 aromatic rings. The molecule has 0 aliphatic carbocycles. The first kappa shape index (κ1) is 23.3. The van der Waals surface area contributed by atoms with E-state index in [2.05, 4.69) is 10.6 Å². The molecule has 2 N–H and O–H groups in total. The average Bonchev–Trinajstić information content (AvgIpc) is 2.80. The van der Waals surface area contributed by atoms with Crippen molar-refractivity contribution in [3.05, 3.63) is 59.2 Å². The number of nitrogens with zero attached hydrogens (tertiary/aromatic N) is 1. The number of nitrogens with one attached hydrogen (secondary N) is 2. The number of hydrogen-bond acceptors (Lipinski definition) is 5. The van der Waals surface area contributed by atoms with Crippen LogP contribution in [0.5, 0.6) is 5.75 Å². The molecule has 170 valence electrons. The molecule has 3 amide bonds. The minimum Gasteiger partial charge on any atom is -0.497 e. The molecule has 8 nitrogen and oxygen atoms in total. The molecule has 0 spiro atoms. The highest BCUT2D eigenvalue weighted by molar-refractivity contribution is 5.99. The van der Waals surface area contributed by atoms with Gasteiger partial charge < -0.3 is 25.0 Å². The average molecular weight is 440 g/mol. The maximum absolute atomic E-state index is 12.9. The van der Waals surface area contributed by atoms with Crippen molar-refractivity contribution in [2.75, 3.05) is 38.7 Å². The van der Waals surface area contributed by atoms with Gasteiger partial charge in [0, 0.05) is 31.3 Å². The van der Waals surface area contributed by atoms with Gasteiger partial charge in [-0.3, -0.25) is 14.4 Å². The van der Waals surface area contributed by atoms with Gasteiger partial charge in [-0.1, -0.05) is 18.2 Å². The van der Waals surface area contributed by atoms with Crippen LogP contribution in [0.2, 0.25) is 0 Å². The summed E-state index contributed by atoms with van der Waals surface area (Å²) < 4.78 is 10.5. The molecule has 1 atom stereocenters. The number of amides is 3. The molecule has 0 radical (unpaired) electrons. The summed E-state index contributed by atoms with van der Waals surface area (Å²) >= 11 is 0. The Balaban J connectivity index is 1.73. The lowest BCUT2D eigenvalue weighted by Crippen LogP contribution is -2.41. The van der Waals surface area contributed by atoms with Crippen molar-refractivity contribution >= 4 is 23.4 Å². The number of carbonyl (C=O) groups is 3. The lowest BCUT2D eigenvalue weighted by molar-refractivity contribution is -0.120. The van der Waals surface area contributed by atoms with Crippen LogP contribution < -0.4 is 15.4 Å². The number of benzene rings is 2. The van der Waals surface area contributed by atoms with Gasteiger partial charge in [-0.05, 0) is 42.3 Å². The van der Waals surface area contributed by atoms with E-state index in [1.165, 1.54) is 6.92 Å². The Morgan fingerprint density at radius 2 is 1.78 bits per heavy atom. The van der Waals surface area contributed by atoms with Crippen LogP contribution in [-0.4, -0.2) is 56.0 Å². The Labute approximate surface area is 187 Å². The fourth-order valence-electron chi connectivity index (χ4n) is 3.66. The number of morpholine rings is 1. The van der Waals surface area contributed by atoms with Gasteiger partial charge in [0.2, 0.25) is 11.8 Å². The number of hydrogen-bond donors (Lipinski definition) is 2. The predicted molar refractivity (Wildman–Crippen MR) is 121 cm³/mol. The van der Waals surface area contributed by atoms with Crippen LogP contribution in [0.25, 0.3) is 0 Å². The maximum Gasteiger partial charge on any atom is 0.254 e. The minimum absolute atomic E-state index is 0.0486. The predicted octanol–water partition coefficient (Wildman–Crippen LogP) is 2.68. The van der Waals surface area contributed by atoms with Crippen molar-refractivity contribution < 1.29 is 23.9 Å². The number of anilines is 1. The van der Waals surface area contributed by atoms with E-state index in [0.29, 0.717) is 48.9 Å². The van der Waals surface area contributed by atoms with Crippen LogP contribution in [0.15, 0.2) is 42.5 Å². The first-order chi connectivity index (χ1) is 15.4. The zero-order valence-corrected chi connectivity index (χ0v) is 18.6. The third-order valence-corrected chi connectivity index (χ3v) is 5.42. The quantitative estimate of drug-likeness (QED) is 0.691. The highest BCUT2D eigenvalue weighted by atomic mass is 16.5. The van der Waals surface area contributed by atoms with Crippen LogP contribution in [0, 0.1) is 6.92 Å². The number of ether oxygens (including phenoxy) is 2. The molecule has 2 aromatic carbocycles. The van der Waals surface area contributed by atoms with Gasteiger partial charge in [-0.15, -0.1) is 0 Å². The van der Waals surface area contributed by atoms with Crippen LogP contribution in [-0.2, 0) is 14.3 Å². The van der Waals surface area contributed by atoms with Crippen molar-refractivity contribution in [2.45, 2.75) is 26.3 Å². The Kier molecular flexibility index (Phi) is 7.83. The molecule has 1 heterocycles. The normalized spacial score (nSPS) is 14.4. The van der Waals surface area contributed by atoms with Gasteiger partial charge in [0.25, 0.3) is 5.91 Å². The second-order valence-electron chi connectivity index (χ2n) is 7.66. The molecule has 1 unspecified atom stereocenters. The molecule has 1 saturated heterocycles. The third kappa shape index (κ3) is 5.85. The molecule has 1 fully saturated rings. The molecule has 3 rings (SSSR count). The molecular formula is C24H29N3O5. The monoisotopic (exact) mass is 439 g/mol. The van der Waals surface area contributed by atoms with Gasteiger partial charge in [-0.25, -0.2) is 0 Å². The summed E-state index contributed by atoms with van der Waals surface area (Å²) in [5.41, 5.74) is 2.63. The third-order valence-electron chi connectivity index (χ3n) is 5.42. The van der Waals surface area contributed by atoms with E-state index in [-0.39, 0.29) is 24.1 Å². The second-order valence-corrected chi connectivity index (χ2v) is 7.66. The van der Waals surface area contributed by atoms with E-state index in [9.17, 15) is 14.4 Å². The van der Waals surface area contributed by atoms with Gasteiger partial charge in [0.15, 0.2) is 0 Å². The molecule has 0 aromatic heterocycles. The summed E-state index contributed by atoms with van der Waals surface area (Å²) in [6.45, 7) is 5.38. The summed E-state index contributed by atoms with van der Waals surface area (Å²) in [6, 6.07) is 12.0. The van der Waals surface area contributed by atoms with E-state index in [1.54, 1.807) is 42.3 Å². The molecule has 1 aliphatic rings. The Morgan fingerprint density at radius 1 is 1.09 bits per heavy atom. The van der Waals surface area contributed by atoms with Gasteiger partial charge >= 0.3 is 0 Å². The minimum atomic E-state index is -0.489. The van der Waals surface area contributed by atoms with E-state index in [4.69, 9.17) is 9.47 Å². The maximum atomic E-state index is 12.9. The van der Waals surface area contributed by atoms with Crippen LogP contribution >= 0.6 is 0 Å².